The molecular formula is C15H19N3O4S2. The second-order valence-corrected chi connectivity index (χ2v) is 8.62. The molecule has 9 heteroatoms. The number of amides is 1. The Hall–Kier alpha value is -2.00. The fraction of sp³-hybridized carbons (Fsp3) is 0.400. The molecule has 2 aromatic rings. The van der Waals surface area contributed by atoms with E-state index in [-0.39, 0.29) is 18.1 Å². The standard InChI is InChI=1S/C15H19N3O4S2/c1-4-18(13(19)7-9-24(3,21)22)15-11(2)16-14(23-15)12-6-5-8-17(20)10-12/h5-6,8,10H,4,7,9H2,1-3H3. The summed E-state index contributed by atoms with van der Waals surface area (Å²) >= 11 is 1.31. The van der Waals surface area contributed by atoms with Crippen molar-refractivity contribution in [1.29, 1.82) is 0 Å². The van der Waals surface area contributed by atoms with Crippen molar-refractivity contribution in [3.8, 4) is 10.6 Å². The van der Waals surface area contributed by atoms with E-state index in [2.05, 4.69) is 4.98 Å². The quantitative estimate of drug-likeness (QED) is 0.569. The summed E-state index contributed by atoms with van der Waals surface area (Å²) in [4.78, 5) is 18.3. The van der Waals surface area contributed by atoms with Crippen molar-refractivity contribution < 1.29 is 17.9 Å². The molecule has 2 aromatic heterocycles. The molecule has 7 nitrogen and oxygen atoms in total. The lowest BCUT2D eigenvalue weighted by molar-refractivity contribution is -0.604. The molecule has 0 unspecified atom stereocenters. The van der Waals surface area contributed by atoms with Crippen molar-refractivity contribution in [2.75, 3.05) is 23.5 Å². The molecular weight excluding hydrogens is 350 g/mol. The van der Waals surface area contributed by atoms with Gasteiger partial charge in [-0.05, 0) is 19.9 Å². The first-order valence-corrected chi connectivity index (χ1v) is 10.2. The van der Waals surface area contributed by atoms with Crippen LogP contribution in [0.5, 0.6) is 0 Å². The molecule has 2 rings (SSSR count). The summed E-state index contributed by atoms with van der Waals surface area (Å²) in [5.74, 6) is -0.435. The Balaban J connectivity index is 2.28. The lowest BCUT2D eigenvalue weighted by atomic mass is 10.3. The maximum Gasteiger partial charge on any atom is 0.228 e. The molecule has 1 amide bonds. The van der Waals surface area contributed by atoms with Crippen LogP contribution in [0.4, 0.5) is 5.00 Å². The maximum atomic E-state index is 12.4. The molecule has 0 bridgehead atoms. The summed E-state index contributed by atoms with van der Waals surface area (Å²) in [5.41, 5.74) is 1.34. The van der Waals surface area contributed by atoms with Gasteiger partial charge in [0.2, 0.25) is 5.91 Å². The number of sulfone groups is 1. The van der Waals surface area contributed by atoms with Crippen molar-refractivity contribution in [2.24, 2.45) is 0 Å². The highest BCUT2D eigenvalue weighted by Gasteiger charge is 2.21. The van der Waals surface area contributed by atoms with E-state index in [0.29, 0.717) is 32.5 Å². The van der Waals surface area contributed by atoms with Gasteiger partial charge in [-0.15, -0.1) is 0 Å². The molecule has 0 aromatic carbocycles. The second kappa shape index (κ2) is 7.27. The first-order chi connectivity index (χ1) is 11.2. The van der Waals surface area contributed by atoms with Crippen LogP contribution in [-0.4, -0.2) is 37.9 Å². The minimum Gasteiger partial charge on any atom is -0.619 e. The molecule has 0 saturated heterocycles. The normalized spacial score (nSPS) is 11.5. The second-order valence-electron chi connectivity index (χ2n) is 5.38. The zero-order valence-electron chi connectivity index (χ0n) is 13.7. The van der Waals surface area contributed by atoms with Gasteiger partial charge < -0.3 is 10.1 Å². The van der Waals surface area contributed by atoms with Crippen molar-refractivity contribution in [3.63, 3.8) is 0 Å². The van der Waals surface area contributed by atoms with E-state index in [0.717, 1.165) is 6.26 Å². The van der Waals surface area contributed by atoms with E-state index < -0.39 is 9.84 Å². The highest BCUT2D eigenvalue weighted by atomic mass is 32.2. The summed E-state index contributed by atoms with van der Waals surface area (Å²) < 4.78 is 23.2. The number of thiazole rings is 1. The summed E-state index contributed by atoms with van der Waals surface area (Å²) in [6.45, 7) is 4.03. The van der Waals surface area contributed by atoms with Gasteiger partial charge in [0, 0.05) is 25.3 Å². The first-order valence-electron chi connectivity index (χ1n) is 7.36. The largest absolute Gasteiger partial charge is 0.619 e. The van der Waals surface area contributed by atoms with Crippen LogP contribution in [0.25, 0.3) is 10.6 Å². The molecule has 0 aliphatic heterocycles. The van der Waals surface area contributed by atoms with Crippen molar-refractivity contribution in [2.45, 2.75) is 20.3 Å². The minimum atomic E-state index is -3.19. The summed E-state index contributed by atoms with van der Waals surface area (Å²) in [6, 6.07) is 3.41. The fourth-order valence-corrected chi connectivity index (χ4v) is 3.87. The molecule has 0 fully saturated rings. The van der Waals surface area contributed by atoms with Gasteiger partial charge >= 0.3 is 0 Å². The Morgan fingerprint density at radius 2 is 2.17 bits per heavy atom. The van der Waals surface area contributed by atoms with Crippen molar-refractivity contribution >= 4 is 32.1 Å². The van der Waals surface area contributed by atoms with Crippen LogP contribution in [0.1, 0.15) is 19.0 Å². The number of pyridine rings is 1. The van der Waals surface area contributed by atoms with Gasteiger partial charge in [-0.3, -0.25) is 4.79 Å². The van der Waals surface area contributed by atoms with E-state index in [9.17, 15) is 18.4 Å². The molecule has 0 aliphatic rings. The average Bonchev–Trinajstić information content (AvgIpc) is 2.87. The third kappa shape index (κ3) is 4.51. The number of aryl methyl sites for hydroxylation is 1. The number of hydrogen-bond acceptors (Lipinski definition) is 6. The predicted octanol–water partition coefficient (Wildman–Crippen LogP) is 1.54. The third-order valence-corrected chi connectivity index (χ3v) is 5.52. The number of carbonyl (C=O) groups excluding carboxylic acids is 1. The van der Waals surface area contributed by atoms with E-state index >= 15 is 0 Å². The van der Waals surface area contributed by atoms with Crippen LogP contribution in [0.3, 0.4) is 0 Å². The summed E-state index contributed by atoms with van der Waals surface area (Å²) in [5, 5.41) is 12.7. The molecule has 130 valence electrons. The minimum absolute atomic E-state index is 0.0642. The first kappa shape index (κ1) is 18.3. The number of aromatic nitrogens is 2. The van der Waals surface area contributed by atoms with Gasteiger partial charge in [0.1, 0.15) is 19.8 Å². The van der Waals surface area contributed by atoms with E-state index in [4.69, 9.17) is 0 Å². The maximum absolute atomic E-state index is 12.4. The number of anilines is 1. The third-order valence-electron chi connectivity index (χ3n) is 3.34. The molecule has 0 atom stereocenters. The van der Waals surface area contributed by atoms with Crippen LogP contribution >= 0.6 is 11.3 Å². The molecule has 0 aliphatic carbocycles. The van der Waals surface area contributed by atoms with Gasteiger partial charge in [0.05, 0.1) is 17.0 Å². The lowest BCUT2D eigenvalue weighted by Crippen LogP contribution is -2.31. The number of carbonyl (C=O) groups is 1. The Labute approximate surface area is 145 Å². The van der Waals surface area contributed by atoms with Gasteiger partial charge in [-0.25, -0.2) is 13.4 Å². The highest BCUT2D eigenvalue weighted by Crippen LogP contribution is 2.34. The molecule has 2 heterocycles. The Morgan fingerprint density at radius 3 is 2.75 bits per heavy atom. The Morgan fingerprint density at radius 1 is 1.46 bits per heavy atom. The monoisotopic (exact) mass is 369 g/mol. The zero-order chi connectivity index (χ0) is 17.9. The molecule has 24 heavy (non-hydrogen) atoms. The van der Waals surface area contributed by atoms with Gasteiger partial charge in [0.15, 0.2) is 12.4 Å². The van der Waals surface area contributed by atoms with Crippen LogP contribution in [-0.2, 0) is 14.6 Å². The predicted molar refractivity (Wildman–Crippen MR) is 93.6 cm³/mol. The van der Waals surface area contributed by atoms with Crippen LogP contribution in [0.15, 0.2) is 24.5 Å². The fourth-order valence-electron chi connectivity index (χ4n) is 2.18. The van der Waals surface area contributed by atoms with E-state index in [1.54, 1.807) is 19.1 Å². The molecule has 0 spiro atoms. The molecule has 0 radical (unpaired) electrons. The van der Waals surface area contributed by atoms with Crippen molar-refractivity contribution in [3.05, 3.63) is 35.4 Å². The molecule has 0 N–H and O–H groups in total. The van der Waals surface area contributed by atoms with Gasteiger partial charge in [-0.1, -0.05) is 11.3 Å². The number of nitrogens with zero attached hydrogens (tertiary/aromatic N) is 3. The lowest BCUT2D eigenvalue weighted by Gasteiger charge is -2.19. The van der Waals surface area contributed by atoms with Crippen LogP contribution in [0.2, 0.25) is 0 Å². The summed E-state index contributed by atoms with van der Waals surface area (Å²) in [7, 11) is -3.19. The number of hydrogen-bond donors (Lipinski definition) is 0. The smallest absolute Gasteiger partial charge is 0.228 e. The van der Waals surface area contributed by atoms with Crippen LogP contribution < -0.4 is 9.63 Å². The van der Waals surface area contributed by atoms with Crippen molar-refractivity contribution in [1.82, 2.24) is 4.98 Å². The summed E-state index contributed by atoms with van der Waals surface area (Å²) in [6.07, 6.45) is 3.85. The van der Waals surface area contributed by atoms with E-state index in [1.165, 1.54) is 28.6 Å². The Kier molecular flexibility index (Phi) is 5.55. The topological polar surface area (TPSA) is 94.3 Å². The molecule has 0 saturated carbocycles. The highest BCUT2D eigenvalue weighted by molar-refractivity contribution is 7.90. The SMILES string of the molecule is CCN(C(=O)CCS(C)(=O)=O)c1sc(-c2ccc[n+]([O-])c2)nc1C. The Bertz CT molecular complexity index is 846. The van der Waals surface area contributed by atoms with Crippen LogP contribution in [0, 0.1) is 12.1 Å². The zero-order valence-corrected chi connectivity index (χ0v) is 15.4. The van der Waals surface area contributed by atoms with E-state index in [1.807, 2.05) is 6.92 Å². The number of rotatable bonds is 6. The van der Waals surface area contributed by atoms with Gasteiger partial charge in [-0.2, -0.15) is 4.73 Å². The van der Waals surface area contributed by atoms with Gasteiger partial charge in [0.25, 0.3) is 0 Å². The average molecular weight is 369 g/mol.